The molecule has 0 nitrogen and oxygen atoms in total. The van der Waals surface area contributed by atoms with Crippen molar-refractivity contribution < 1.29 is 13.2 Å². The van der Waals surface area contributed by atoms with Gasteiger partial charge >= 0.3 is 0 Å². The Kier molecular flexibility index (Phi) is 32.6. The molecule has 4 aromatic carbocycles. The summed E-state index contributed by atoms with van der Waals surface area (Å²) in [5.74, 6) is 5.05. The maximum atomic E-state index is 12.6. The first-order valence-corrected chi connectivity index (χ1v) is 23.0. The Labute approximate surface area is 377 Å². The molecule has 0 unspecified atom stereocenters. The molecule has 3 fully saturated rings. The zero-order valence-corrected chi connectivity index (χ0v) is 40.1. The van der Waals surface area contributed by atoms with Crippen LogP contribution in [0.2, 0.25) is 0 Å². The average molecular weight is 847 g/mol. The predicted octanol–water partition coefficient (Wildman–Crippen LogP) is 19.4. The number of hydrogen-bond donors (Lipinski definition) is 0. The van der Waals surface area contributed by atoms with Crippen molar-refractivity contribution >= 4 is 0 Å². The van der Waals surface area contributed by atoms with Gasteiger partial charge in [-0.05, 0) is 126 Å². The molecule has 0 N–H and O–H groups in total. The molecule has 3 aliphatic carbocycles. The highest BCUT2D eigenvalue weighted by Gasteiger charge is 2.14. The van der Waals surface area contributed by atoms with Gasteiger partial charge in [-0.3, -0.25) is 0 Å². The first-order chi connectivity index (χ1) is 27.7. The standard InChI is InChI=1S/C8H8F2.C8H9F.3C8H16.2C8H10.2CH4/c1-5-3-7(9)6(2)8(10)4-5;1-6-3-4-7(2)8(9)5-6;5*1-7-3-5-8(2)6-4-7;;/h3-4H,1-2H3;3-5H,1-2H3;3*7-8H,3-6H2,1-2H3;2*3-6H,1-2H3;2*1H4. The van der Waals surface area contributed by atoms with Gasteiger partial charge in [-0.25, -0.2) is 13.2 Å². The molecule has 0 atom stereocenters. The number of aryl methyl sites for hydroxylation is 7. The monoisotopic (exact) mass is 847 g/mol. The Hall–Kier alpha value is -3.33. The second kappa shape index (κ2) is 33.3. The maximum Gasteiger partial charge on any atom is 0.129 e. The van der Waals surface area contributed by atoms with E-state index in [9.17, 15) is 13.2 Å². The number of halogens is 3. The molecule has 61 heavy (non-hydrogen) atoms. The third kappa shape index (κ3) is 29.6. The third-order valence-electron chi connectivity index (χ3n) is 12.1. The Morgan fingerprint density at radius 1 is 0.295 bits per heavy atom. The second-order valence-corrected chi connectivity index (χ2v) is 19.0. The average Bonchev–Trinajstić information content (AvgIpc) is 3.19. The molecule has 3 saturated carbocycles. The van der Waals surface area contributed by atoms with Crippen LogP contribution in [0, 0.1) is 108 Å². The van der Waals surface area contributed by atoms with E-state index < -0.39 is 11.6 Å². The maximum absolute atomic E-state index is 12.6. The molecule has 4 aromatic rings. The molecule has 0 saturated heterocycles. The summed E-state index contributed by atoms with van der Waals surface area (Å²) in [6.07, 6.45) is 17.7. The lowest BCUT2D eigenvalue weighted by Crippen LogP contribution is -2.08. The molecular weight excluding hydrogens is 754 g/mol. The van der Waals surface area contributed by atoms with Crippen LogP contribution >= 0.6 is 0 Å². The minimum Gasteiger partial charge on any atom is -0.207 e. The molecule has 7 rings (SSSR count). The van der Waals surface area contributed by atoms with Gasteiger partial charge in [-0.1, -0.05) is 216 Å². The molecule has 0 heterocycles. The molecule has 0 radical (unpaired) electrons. The number of benzene rings is 4. The van der Waals surface area contributed by atoms with E-state index in [1.165, 1.54) is 124 Å². The summed E-state index contributed by atoms with van der Waals surface area (Å²) < 4.78 is 37.8. The minimum absolute atomic E-state index is 0. The van der Waals surface area contributed by atoms with Gasteiger partial charge in [-0.15, -0.1) is 0 Å². The second-order valence-electron chi connectivity index (χ2n) is 19.0. The van der Waals surface area contributed by atoms with Crippen LogP contribution in [0.4, 0.5) is 13.2 Å². The summed E-state index contributed by atoms with van der Waals surface area (Å²) in [6, 6.07) is 24.8. The molecule has 0 aromatic heterocycles. The van der Waals surface area contributed by atoms with Crippen LogP contribution in [0.3, 0.4) is 0 Å². The van der Waals surface area contributed by atoms with Crippen molar-refractivity contribution in [1.29, 1.82) is 0 Å². The van der Waals surface area contributed by atoms with E-state index in [2.05, 4.69) is 118 Å². The Morgan fingerprint density at radius 2 is 0.492 bits per heavy atom. The zero-order valence-electron chi connectivity index (χ0n) is 40.1. The van der Waals surface area contributed by atoms with E-state index in [1.54, 1.807) is 19.9 Å². The quantitative estimate of drug-likeness (QED) is 0.165. The number of hydrogen-bond acceptors (Lipinski definition) is 0. The molecule has 0 spiro atoms. The van der Waals surface area contributed by atoms with Crippen LogP contribution in [0.5, 0.6) is 0 Å². The highest BCUT2D eigenvalue weighted by atomic mass is 19.1. The fraction of sp³-hybridized carbons (Fsp3) is 0.586. The van der Waals surface area contributed by atoms with Crippen LogP contribution in [0.1, 0.15) is 178 Å². The van der Waals surface area contributed by atoms with Gasteiger partial charge in [0.1, 0.15) is 17.5 Å². The van der Waals surface area contributed by atoms with E-state index >= 15 is 0 Å². The summed E-state index contributed by atoms with van der Waals surface area (Å²) in [5, 5.41) is 0. The van der Waals surface area contributed by atoms with Gasteiger partial charge in [0.15, 0.2) is 0 Å². The van der Waals surface area contributed by atoms with Crippen LogP contribution in [-0.2, 0) is 0 Å². The molecule has 0 amide bonds. The van der Waals surface area contributed by atoms with E-state index in [1.807, 2.05) is 13.0 Å². The highest BCUT2D eigenvalue weighted by Crippen LogP contribution is 2.28. The summed E-state index contributed by atoms with van der Waals surface area (Å²) in [5.41, 5.74) is 7.70. The first-order valence-electron chi connectivity index (χ1n) is 23.0. The third-order valence-corrected chi connectivity index (χ3v) is 12.1. The summed E-state index contributed by atoms with van der Waals surface area (Å²) in [6.45, 7) is 29.3. The van der Waals surface area contributed by atoms with Crippen molar-refractivity contribution in [1.82, 2.24) is 0 Å². The number of rotatable bonds is 0. The topological polar surface area (TPSA) is 0 Å². The molecule has 0 bridgehead atoms. The van der Waals surface area contributed by atoms with Crippen molar-refractivity contribution in [2.45, 2.75) is 189 Å². The van der Waals surface area contributed by atoms with Crippen LogP contribution in [0.15, 0.2) is 78.9 Å². The SMILES string of the molecule is C.C.CC1CCC(C)CC1.CC1CCC(C)CC1.CC1CCC(C)CC1.Cc1cc(F)c(C)c(F)c1.Cc1ccc(C)c(F)c1.Cc1ccc(C)cc1.Cc1ccc(C)cc1. The molecular formula is C58H93F3. The fourth-order valence-electron chi connectivity index (χ4n) is 7.02. The van der Waals surface area contributed by atoms with Crippen LogP contribution in [0.25, 0.3) is 0 Å². The van der Waals surface area contributed by atoms with Crippen molar-refractivity contribution in [2.24, 2.45) is 35.5 Å². The van der Waals surface area contributed by atoms with Gasteiger partial charge in [0.05, 0.1) is 0 Å². The lowest BCUT2D eigenvalue weighted by atomic mass is 9.84. The first kappa shape index (κ1) is 59.8. The van der Waals surface area contributed by atoms with Gasteiger partial charge in [-0.2, -0.15) is 0 Å². The van der Waals surface area contributed by atoms with E-state index in [-0.39, 0.29) is 26.2 Å². The fourth-order valence-corrected chi connectivity index (χ4v) is 7.02. The van der Waals surface area contributed by atoms with Gasteiger partial charge < -0.3 is 0 Å². The summed E-state index contributed by atoms with van der Waals surface area (Å²) in [7, 11) is 0. The normalized spacial score (nSPS) is 21.1. The molecule has 3 aliphatic rings. The van der Waals surface area contributed by atoms with E-state index in [0.29, 0.717) is 11.1 Å². The Bertz CT molecular complexity index is 1460. The van der Waals surface area contributed by atoms with Crippen LogP contribution < -0.4 is 0 Å². The highest BCUT2D eigenvalue weighted by molar-refractivity contribution is 5.24. The Morgan fingerprint density at radius 3 is 0.689 bits per heavy atom. The molecule has 0 aliphatic heterocycles. The minimum atomic E-state index is -0.475. The predicted molar refractivity (Wildman–Crippen MR) is 267 cm³/mol. The Balaban J connectivity index is 0. The summed E-state index contributed by atoms with van der Waals surface area (Å²) >= 11 is 0. The van der Waals surface area contributed by atoms with Gasteiger partial charge in [0.2, 0.25) is 0 Å². The van der Waals surface area contributed by atoms with Crippen LogP contribution in [-0.4, -0.2) is 0 Å². The van der Waals surface area contributed by atoms with Crippen molar-refractivity contribution in [3.8, 4) is 0 Å². The van der Waals surface area contributed by atoms with E-state index in [0.717, 1.165) is 41.1 Å². The molecule has 346 valence electrons. The summed E-state index contributed by atoms with van der Waals surface area (Å²) in [4.78, 5) is 0. The van der Waals surface area contributed by atoms with Gasteiger partial charge in [0.25, 0.3) is 0 Å². The van der Waals surface area contributed by atoms with Crippen molar-refractivity contribution in [2.75, 3.05) is 0 Å². The lowest BCUT2D eigenvalue weighted by molar-refractivity contribution is 0.308. The largest absolute Gasteiger partial charge is 0.207 e. The zero-order chi connectivity index (χ0) is 44.5. The van der Waals surface area contributed by atoms with Crippen molar-refractivity contribution in [3.63, 3.8) is 0 Å². The molecule has 3 heteroatoms. The van der Waals surface area contributed by atoms with E-state index in [4.69, 9.17) is 0 Å². The van der Waals surface area contributed by atoms with Gasteiger partial charge in [0, 0.05) is 5.56 Å². The smallest absolute Gasteiger partial charge is 0.129 e. The van der Waals surface area contributed by atoms with Crippen molar-refractivity contribution in [3.05, 3.63) is 141 Å². The lowest BCUT2D eigenvalue weighted by Gasteiger charge is -2.22.